The van der Waals surface area contributed by atoms with Crippen LogP contribution in [0.3, 0.4) is 0 Å². The number of piperidine rings is 1. The van der Waals surface area contributed by atoms with Crippen LogP contribution < -0.4 is 9.62 Å². The zero-order valence-electron chi connectivity index (χ0n) is 18.0. The first-order valence-corrected chi connectivity index (χ1v) is 13.9. The van der Waals surface area contributed by atoms with Gasteiger partial charge in [0.05, 0.1) is 11.2 Å². The Balaban J connectivity index is 1.40. The molecule has 0 radical (unpaired) electrons. The maximum atomic E-state index is 12.7. The molecule has 1 aromatic carbocycles. The maximum Gasteiger partial charge on any atom is 0.266 e. The molecule has 3 aliphatic rings. The van der Waals surface area contributed by atoms with E-state index < -0.39 is 28.4 Å². The van der Waals surface area contributed by atoms with Gasteiger partial charge in [-0.2, -0.15) is 0 Å². The molecular formula is C22H27N3O4S3. The van der Waals surface area contributed by atoms with Gasteiger partial charge in [0.15, 0.2) is 0 Å². The summed E-state index contributed by atoms with van der Waals surface area (Å²) in [5.41, 5.74) is 2.08. The van der Waals surface area contributed by atoms with Crippen LogP contribution in [0.5, 0.6) is 0 Å². The molecule has 0 spiro atoms. The normalized spacial score (nSPS) is 25.2. The lowest BCUT2D eigenvalue weighted by Crippen LogP contribution is -2.41. The van der Waals surface area contributed by atoms with Crippen LogP contribution in [0.2, 0.25) is 0 Å². The monoisotopic (exact) mass is 493 g/mol. The van der Waals surface area contributed by atoms with Crippen molar-refractivity contribution in [3.05, 3.63) is 34.7 Å². The molecule has 3 fully saturated rings. The fourth-order valence-corrected chi connectivity index (χ4v) is 6.52. The minimum Gasteiger partial charge on any atom is -0.371 e. The maximum absolute atomic E-state index is 12.7. The summed E-state index contributed by atoms with van der Waals surface area (Å²) in [6.45, 7) is 1.79. The third kappa shape index (κ3) is 5.52. The molecular weight excluding hydrogens is 466 g/mol. The molecule has 2 unspecified atom stereocenters. The van der Waals surface area contributed by atoms with Crippen LogP contribution in [0.1, 0.15) is 37.7 Å². The minimum absolute atomic E-state index is 0.233. The van der Waals surface area contributed by atoms with Gasteiger partial charge in [-0.05, 0) is 48.4 Å². The Morgan fingerprint density at radius 3 is 2.56 bits per heavy atom. The molecule has 2 heterocycles. The fourth-order valence-electron chi connectivity index (χ4n) is 4.79. The molecule has 2 saturated heterocycles. The summed E-state index contributed by atoms with van der Waals surface area (Å²) < 4.78 is 24.5. The average Bonchev–Trinajstić information content (AvgIpc) is 3.00. The van der Waals surface area contributed by atoms with E-state index in [-0.39, 0.29) is 4.32 Å². The van der Waals surface area contributed by atoms with Crippen molar-refractivity contribution in [1.29, 1.82) is 0 Å². The molecule has 2 atom stereocenters. The van der Waals surface area contributed by atoms with Gasteiger partial charge in [0.2, 0.25) is 10.0 Å². The van der Waals surface area contributed by atoms with Crippen molar-refractivity contribution < 1.29 is 18.0 Å². The van der Waals surface area contributed by atoms with E-state index >= 15 is 0 Å². The molecule has 4 rings (SSSR count). The number of sulfonamides is 1. The Labute approximate surface area is 198 Å². The van der Waals surface area contributed by atoms with Gasteiger partial charge in [0.1, 0.15) is 10.9 Å². The van der Waals surface area contributed by atoms with Gasteiger partial charge in [-0.1, -0.05) is 55.4 Å². The van der Waals surface area contributed by atoms with Crippen molar-refractivity contribution >= 4 is 61.9 Å². The lowest BCUT2D eigenvalue weighted by molar-refractivity contribution is -0.127. The molecule has 10 heteroatoms. The van der Waals surface area contributed by atoms with E-state index in [1.165, 1.54) is 37.8 Å². The van der Waals surface area contributed by atoms with E-state index in [1.807, 2.05) is 16.9 Å². The van der Waals surface area contributed by atoms with Crippen LogP contribution >= 0.6 is 24.0 Å². The number of amides is 2. The molecule has 2 amide bonds. The van der Waals surface area contributed by atoms with Crippen molar-refractivity contribution in [2.45, 2.75) is 32.1 Å². The number of anilines is 1. The second-order valence-corrected chi connectivity index (χ2v) is 12.1. The van der Waals surface area contributed by atoms with E-state index in [0.717, 1.165) is 53.4 Å². The molecule has 1 N–H and O–H groups in total. The molecule has 0 aromatic heterocycles. The highest BCUT2D eigenvalue weighted by Crippen LogP contribution is 2.38. The molecule has 1 aromatic rings. The van der Waals surface area contributed by atoms with Gasteiger partial charge < -0.3 is 4.90 Å². The highest BCUT2D eigenvalue weighted by atomic mass is 32.2. The van der Waals surface area contributed by atoms with E-state index in [4.69, 9.17) is 12.2 Å². The summed E-state index contributed by atoms with van der Waals surface area (Å²) in [5.74, 6) is 0.502. The van der Waals surface area contributed by atoms with Crippen molar-refractivity contribution in [2.75, 3.05) is 30.8 Å². The summed E-state index contributed by atoms with van der Waals surface area (Å²) in [6, 6.07) is 8.17. The Kier molecular flexibility index (Phi) is 6.92. The first-order chi connectivity index (χ1) is 15.2. The van der Waals surface area contributed by atoms with Crippen molar-refractivity contribution in [3.63, 3.8) is 0 Å². The first kappa shape index (κ1) is 23.3. The second-order valence-electron chi connectivity index (χ2n) is 8.70. The smallest absolute Gasteiger partial charge is 0.266 e. The van der Waals surface area contributed by atoms with Gasteiger partial charge in [-0.3, -0.25) is 19.2 Å². The zero-order valence-corrected chi connectivity index (χ0v) is 20.4. The van der Waals surface area contributed by atoms with Crippen LogP contribution in [-0.2, 0) is 19.6 Å². The molecule has 1 aliphatic carbocycles. The minimum atomic E-state index is -3.69. The highest BCUT2D eigenvalue weighted by Gasteiger charge is 2.34. The molecule has 7 nitrogen and oxygen atoms in total. The van der Waals surface area contributed by atoms with Crippen molar-refractivity contribution in [3.8, 4) is 0 Å². The standard InChI is InChI=1S/C22H27N3O4S3/c1-32(28,29)23-20(26)14-25-21(27)19(31-22(25)30)12-15-6-8-18(9-7-15)24-11-10-16-4-2-3-5-17(16)13-24/h6-9,12,16-17H,2-5,10-11,13-14H2,1H3,(H,23,26). The average molecular weight is 494 g/mol. The van der Waals surface area contributed by atoms with Crippen molar-refractivity contribution in [2.24, 2.45) is 11.8 Å². The van der Waals surface area contributed by atoms with Crippen molar-refractivity contribution in [1.82, 2.24) is 9.62 Å². The molecule has 32 heavy (non-hydrogen) atoms. The Bertz CT molecular complexity index is 1050. The van der Waals surface area contributed by atoms with Gasteiger partial charge in [-0.15, -0.1) is 0 Å². The summed E-state index contributed by atoms with van der Waals surface area (Å²) in [4.78, 5) is 28.6. The molecule has 2 aliphatic heterocycles. The van der Waals surface area contributed by atoms with E-state index in [2.05, 4.69) is 17.0 Å². The van der Waals surface area contributed by atoms with Gasteiger partial charge in [0, 0.05) is 18.8 Å². The Morgan fingerprint density at radius 1 is 1.19 bits per heavy atom. The third-order valence-electron chi connectivity index (χ3n) is 6.32. The largest absolute Gasteiger partial charge is 0.371 e. The summed E-state index contributed by atoms with van der Waals surface area (Å²) in [5, 5.41) is 0. The van der Waals surface area contributed by atoms with Crippen LogP contribution in [-0.4, -0.2) is 55.3 Å². The summed E-state index contributed by atoms with van der Waals surface area (Å²) in [7, 11) is -3.69. The van der Waals surface area contributed by atoms with Gasteiger partial charge in [-0.25, -0.2) is 8.42 Å². The number of rotatable bonds is 5. The predicted octanol–water partition coefficient (Wildman–Crippen LogP) is 2.98. The van der Waals surface area contributed by atoms with Crippen LogP contribution in [0.4, 0.5) is 5.69 Å². The molecule has 0 bridgehead atoms. The van der Waals surface area contributed by atoms with E-state index in [9.17, 15) is 18.0 Å². The number of nitrogens with zero attached hydrogens (tertiary/aromatic N) is 2. The highest BCUT2D eigenvalue weighted by molar-refractivity contribution is 8.26. The lowest BCUT2D eigenvalue weighted by atomic mass is 9.75. The topological polar surface area (TPSA) is 86.8 Å². The Hall–Kier alpha value is -1.91. The van der Waals surface area contributed by atoms with E-state index in [1.54, 1.807) is 6.08 Å². The van der Waals surface area contributed by atoms with Crippen LogP contribution in [0.15, 0.2) is 29.2 Å². The number of benzene rings is 1. The van der Waals surface area contributed by atoms with E-state index in [0.29, 0.717) is 4.91 Å². The number of carbonyl (C=O) groups excluding carboxylic acids is 2. The Morgan fingerprint density at radius 2 is 1.88 bits per heavy atom. The number of thioether (sulfide) groups is 1. The predicted molar refractivity (Wildman–Crippen MR) is 132 cm³/mol. The first-order valence-electron chi connectivity index (χ1n) is 10.8. The molecule has 172 valence electrons. The number of fused-ring (bicyclic) bond motifs is 1. The van der Waals surface area contributed by atoms with Crippen LogP contribution in [0, 0.1) is 11.8 Å². The zero-order chi connectivity index (χ0) is 22.9. The summed E-state index contributed by atoms with van der Waals surface area (Å²) >= 11 is 6.32. The quantitative estimate of drug-likeness (QED) is 0.498. The third-order valence-corrected chi connectivity index (χ3v) is 8.30. The lowest BCUT2D eigenvalue weighted by Gasteiger charge is -2.42. The SMILES string of the molecule is CS(=O)(=O)NC(=O)CN1C(=O)C(=Cc2ccc(N3CCC4CCCCC4C3)cc2)SC1=S. The number of carbonyl (C=O) groups is 2. The summed E-state index contributed by atoms with van der Waals surface area (Å²) in [6.07, 6.45) is 9.35. The van der Waals surface area contributed by atoms with Gasteiger partial charge >= 0.3 is 0 Å². The fraction of sp³-hybridized carbons (Fsp3) is 0.500. The van der Waals surface area contributed by atoms with Gasteiger partial charge in [0.25, 0.3) is 11.8 Å². The number of hydrogen-bond donors (Lipinski definition) is 1. The number of nitrogens with one attached hydrogen (secondary N) is 1. The molecule has 1 saturated carbocycles. The second kappa shape index (κ2) is 9.52. The number of hydrogen-bond acceptors (Lipinski definition) is 7. The van der Waals surface area contributed by atoms with Crippen LogP contribution in [0.25, 0.3) is 6.08 Å². The number of thiocarbonyl (C=S) groups is 1.